The first kappa shape index (κ1) is 32.4. The molecule has 0 aliphatic carbocycles. The standard InChI is InChI=1S/C29H28Cl2N6O4S.ClH/c1-18-14-33-23-4-2-6-25(28(23)36-18)41-17-21-22(30)11-12-26(27(21)31)42(39,40)37-13-3-5-24(37)29(38)34-15-19-7-9-20(10-8-19)16-35-32;/h2,4,6-12,14,16,24H,3,5,13,15,17,32H2,1H3,(H,34,38);1H/t24-;/m0./s1. The Morgan fingerprint density at radius 1 is 1.19 bits per heavy atom. The van der Waals surface area contributed by atoms with E-state index >= 15 is 0 Å². The van der Waals surface area contributed by atoms with Crippen LogP contribution in [0.1, 0.15) is 35.2 Å². The molecule has 1 aliphatic heterocycles. The highest BCUT2D eigenvalue weighted by Crippen LogP contribution is 2.36. The fourth-order valence-corrected chi connectivity index (χ4v) is 7.32. The van der Waals surface area contributed by atoms with Crippen LogP contribution in [0.5, 0.6) is 5.75 Å². The average Bonchev–Trinajstić information content (AvgIpc) is 3.48. The average molecular weight is 664 g/mol. The second kappa shape index (κ2) is 13.9. The van der Waals surface area contributed by atoms with E-state index in [-0.39, 0.29) is 53.0 Å². The quantitative estimate of drug-likeness (QED) is 0.146. The number of nitrogens with zero attached hydrogens (tertiary/aromatic N) is 4. The zero-order chi connectivity index (χ0) is 29.9. The first-order valence-electron chi connectivity index (χ1n) is 13.1. The molecule has 226 valence electrons. The molecule has 1 amide bonds. The number of fused-ring (bicyclic) bond motifs is 1. The summed E-state index contributed by atoms with van der Waals surface area (Å²) in [6.45, 7) is 2.15. The van der Waals surface area contributed by atoms with E-state index in [2.05, 4.69) is 20.4 Å². The minimum absolute atomic E-state index is 0. The largest absolute Gasteiger partial charge is 0.486 e. The Bertz CT molecular complexity index is 1770. The number of nitrogens with two attached hydrogens (primary N) is 1. The summed E-state index contributed by atoms with van der Waals surface area (Å²) in [4.78, 5) is 21.9. The number of carbonyl (C=O) groups excluding carboxylic acids is 1. The van der Waals surface area contributed by atoms with Gasteiger partial charge in [0.05, 0.1) is 22.4 Å². The van der Waals surface area contributed by atoms with Gasteiger partial charge < -0.3 is 15.9 Å². The van der Waals surface area contributed by atoms with Crippen LogP contribution in [-0.4, -0.2) is 47.4 Å². The number of carbonyl (C=O) groups is 1. The van der Waals surface area contributed by atoms with Crippen LogP contribution in [0.15, 0.2) is 70.8 Å². The summed E-state index contributed by atoms with van der Waals surface area (Å²) in [6, 6.07) is 14.6. The van der Waals surface area contributed by atoms with E-state index < -0.39 is 16.1 Å². The molecule has 1 aliphatic rings. The van der Waals surface area contributed by atoms with Crippen LogP contribution in [0.4, 0.5) is 0 Å². The molecule has 0 saturated carbocycles. The van der Waals surface area contributed by atoms with Gasteiger partial charge in [-0.2, -0.15) is 9.41 Å². The molecule has 3 aromatic carbocycles. The molecule has 0 radical (unpaired) electrons. The van der Waals surface area contributed by atoms with Crippen LogP contribution in [0, 0.1) is 6.92 Å². The second-order valence-corrected chi connectivity index (χ2v) is 12.4. The highest BCUT2D eigenvalue weighted by molar-refractivity contribution is 7.89. The number of hydrogen-bond donors (Lipinski definition) is 2. The van der Waals surface area contributed by atoms with Crippen LogP contribution in [0.25, 0.3) is 11.0 Å². The van der Waals surface area contributed by atoms with Crippen molar-refractivity contribution in [2.75, 3.05) is 6.54 Å². The summed E-state index contributed by atoms with van der Waals surface area (Å²) in [5.41, 5.74) is 3.93. The van der Waals surface area contributed by atoms with Crippen molar-refractivity contribution < 1.29 is 17.9 Å². The van der Waals surface area contributed by atoms with E-state index in [9.17, 15) is 13.2 Å². The SMILES string of the molecule is Cc1cnc2cccc(OCc3c(Cl)ccc(S(=O)(=O)N4CCC[C@H]4C(=O)NCc4ccc(C=NN)cc4)c3Cl)c2n1.Cl. The first-order chi connectivity index (χ1) is 20.2. The van der Waals surface area contributed by atoms with Gasteiger partial charge in [-0.3, -0.25) is 9.78 Å². The maximum Gasteiger partial charge on any atom is 0.245 e. The number of amides is 1. The first-order valence-corrected chi connectivity index (χ1v) is 15.3. The van der Waals surface area contributed by atoms with Crippen LogP contribution in [-0.2, 0) is 28.0 Å². The van der Waals surface area contributed by atoms with Gasteiger partial charge >= 0.3 is 0 Å². The molecule has 0 unspecified atom stereocenters. The normalized spacial score (nSPS) is 15.5. The van der Waals surface area contributed by atoms with Crippen molar-refractivity contribution in [3.63, 3.8) is 0 Å². The number of nitrogens with one attached hydrogen (secondary N) is 1. The van der Waals surface area contributed by atoms with Gasteiger partial charge in [0.1, 0.15) is 28.8 Å². The number of aryl methyl sites for hydroxylation is 1. The zero-order valence-electron chi connectivity index (χ0n) is 23.0. The van der Waals surface area contributed by atoms with Gasteiger partial charge in [-0.25, -0.2) is 13.4 Å². The van der Waals surface area contributed by atoms with E-state index in [1.54, 1.807) is 18.3 Å². The van der Waals surface area contributed by atoms with Crippen molar-refractivity contribution in [2.45, 2.75) is 43.9 Å². The maximum atomic E-state index is 13.8. The van der Waals surface area contributed by atoms with E-state index in [0.717, 1.165) is 16.8 Å². The number of halogens is 3. The lowest BCUT2D eigenvalue weighted by Gasteiger charge is -2.24. The number of sulfonamides is 1. The van der Waals surface area contributed by atoms with Crippen LogP contribution >= 0.6 is 35.6 Å². The zero-order valence-corrected chi connectivity index (χ0v) is 26.2. The molecule has 4 aromatic rings. The Morgan fingerprint density at radius 3 is 2.70 bits per heavy atom. The van der Waals surface area contributed by atoms with E-state index in [0.29, 0.717) is 35.2 Å². The summed E-state index contributed by atoms with van der Waals surface area (Å²) in [6.07, 6.45) is 4.10. The number of rotatable bonds is 9. The van der Waals surface area contributed by atoms with E-state index in [4.69, 9.17) is 33.8 Å². The lowest BCUT2D eigenvalue weighted by atomic mass is 10.1. The van der Waals surface area contributed by atoms with Gasteiger partial charge in [-0.1, -0.05) is 53.5 Å². The molecular weight excluding hydrogens is 635 g/mol. The Morgan fingerprint density at radius 2 is 1.95 bits per heavy atom. The van der Waals surface area contributed by atoms with Crippen molar-refractivity contribution in [3.05, 3.63) is 93.2 Å². The fraction of sp³-hybridized carbons (Fsp3) is 0.241. The number of ether oxygens (including phenoxy) is 1. The molecule has 43 heavy (non-hydrogen) atoms. The molecule has 1 atom stereocenters. The molecule has 10 nitrogen and oxygen atoms in total. The topological polar surface area (TPSA) is 140 Å². The van der Waals surface area contributed by atoms with Gasteiger partial charge in [0.2, 0.25) is 15.9 Å². The maximum absolute atomic E-state index is 13.8. The van der Waals surface area contributed by atoms with Gasteiger partial charge in [0.15, 0.2) is 0 Å². The predicted octanol–water partition coefficient (Wildman–Crippen LogP) is 5.01. The summed E-state index contributed by atoms with van der Waals surface area (Å²) in [7, 11) is -4.14. The third kappa shape index (κ3) is 7.02. The third-order valence-corrected chi connectivity index (χ3v) is 9.79. The van der Waals surface area contributed by atoms with Crippen LogP contribution < -0.4 is 15.9 Å². The summed E-state index contributed by atoms with van der Waals surface area (Å²) in [5.74, 6) is 5.25. The van der Waals surface area contributed by atoms with Gasteiger partial charge in [-0.15, -0.1) is 12.4 Å². The Hall–Kier alpha value is -3.48. The predicted molar refractivity (Wildman–Crippen MR) is 169 cm³/mol. The van der Waals surface area contributed by atoms with Crippen molar-refractivity contribution in [2.24, 2.45) is 10.9 Å². The molecule has 1 saturated heterocycles. The Balaban J connectivity index is 0.00000423. The lowest BCUT2D eigenvalue weighted by molar-refractivity contribution is -0.124. The number of hydrogen-bond acceptors (Lipinski definition) is 8. The molecule has 1 fully saturated rings. The lowest BCUT2D eigenvalue weighted by Crippen LogP contribution is -2.45. The van der Waals surface area contributed by atoms with E-state index in [1.807, 2.05) is 37.3 Å². The van der Waals surface area contributed by atoms with Gasteiger partial charge in [-0.05, 0) is 55.2 Å². The number of hydrazone groups is 1. The monoisotopic (exact) mass is 662 g/mol. The number of aromatic nitrogens is 2. The van der Waals surface area contributed by atoms with Crippen molar-refractivity contribution in [1.82, 2.24) is 19.6 Å². The second-order valence-electron chi connectivity index (χ2n) is 9.77. The summed E-state index contributed by atoms with van der Waals surface area (Å²) in [5, 5.41) is 6.53. The molecule has 2 heterocycles. The molecule has 14 heteroatoms. The minimum Gasteiger partial charge on any atom is -0.486 e. The van der Waals surface area contributed by atoms with Crippen molar-refractivity contribution in [3.8, 4) is 5.75 Å². The van der Waals surface area contributed by atoms with Gasteiger partial charge in [0, 0.05) is 29.9 Å². The highest BCUT2D eigenvalue weighted by Gasteiger charge is 2.40. The molecule has 3 N–H and O–H groups in total. The molecule has 1 aromatic heterocycles. The van der Waals surface area contributed by atoms with Crippen LogP contribution in [0.3, 0.4) is 0 Å². The number of benzene rings is 3. The summed E-state index contributed by atoms with van der Waals surface area (Å²) < 4.78 is 34.9. The smallest absolute Gasteiger partial charge is 0.245 e. The van der Waals surface area contributed by atoms with Crippen molar-refractivity contribution in [1.29, 1.82) is 0 Å². The molecule has 0 spiro atoms. The molecular formula is C29H29Cl3N6O4S. The fourth-order valence-electron chi connectivity index (χ4n) is 4.80. The van der Waals surface area contributed by atoms with Gasteiger partial charge in [0.25, 0.3) is 0 Å². The summed E-state index contributed by atoms with van der Waals surface area (Å²) >= 11 is 13.1. The minimum atomic E-state index is -4.14. The number of para-hydroxylation sites is 1. The van der Waals surface area contributed by atoms with Crippen LogP contribution in [0.2, 0.25) is 10.0 Å². The molecule has 0 bridgehead atoms. The third-order valence-electron chi connectivity index (χ3n) is 6.94. The Kier molecular flexibility index (Phi) is 10.5. The Labute approximate surface area is 265 Å². The van der Waals surface area contributed by atoms with Crippen molar-refractivity contribution >= 4 is 68.8 Å². The molecule has 5 rings (SSSR count). The van der Waals surface area contributed by atoms with E-state index in [1.165, 1.54) is 22.7 Å². The highest BCUT2D eigenvalue weighted by atomic mass is 35.5.